The zero-order valence-electron chi connectivity index (χ0n) is 41.5. The summed E-state index contributed by atoms with van der Waals surface area (Å²) in [5.74, 6) is 0.833. The van der Waals surface area contributed by atoms with Gasteiger partial charge in [-0.1, -0.05) is 79.0 Å². The molecule has 4 aliphatic heterocycles. The molecule has 68 heavy (non-hydrogen) atoms. The number of hydrogen-bond acceptors (Lipinski definition) is 10. The Hall–Kier alpha value is -6.19. The summed E-state index contributed by atoms with van der Waals surface area (Å²) in [4.78, 5) is 61.5. The lowest BCUT2D eigenvalue weighted by Gasteiger charge is -2.44. The van der Waals surface area contributed by atoms with E-state index in [1.165, 1.54) is 22.7 Å². The molecule has 0 unspecified atom stereocenters. The molecule has 14 nitrogen and oxygen atoms in total. The Labute approximate surface area is 401 Å². The van der Waals surface area contributed by atoms with Crippen LogP contribution in [-0.4, -0.2) is 97.6 Å². The average molecular weight is 948 g/mol. The minimum absolute atomic E-state index is 0.00794. The number of rotatable bonds is 15. The van der Waals surface area contributed by atoms with Gasteiger partial charge in [-0.2, -0.15) is 4.79 Å². The highest BCUT2D eigenvalue weighted by atomic mass is 28.4. The molecule has 0 saturated heterocycles. The van der Waals surface area contributed by atoms with Crippen LogP contribution in [0.1, 0.15) is 111 Å². The van der Waals surface area contributed by atoms with E-state index < -0.39 is 32.8 Å². The third-order valence-corrected chi connectivity index (χ3v) is 18.0. The lowest BCUT2D eigenvalue weighted by atomic mass is 10.1. The lowest BCUT2D eigenvalue weighted by Crippen LogP contribution is -2.57. The van der Waals surface area contributed by atoms with E-state index in [4.69, 9.17) is 28.1 Å². The number of unbranched alkanes of at least 4 members (excludes halogenated alkanes) is 2. The van der Waals surface area contributed by atoms with E-state index in [2.05, 4.69) is 40.4 Å². The Morgan fingerprint density at radius 3 is 2.12 bits per heavy atom. The third-order valence-electron chi connectivity index (χ3n) is 13.6. The maximum Gasteiger partial charge on any atom is 0.602 e. The van der Waals surface area contributed by atoms with Crippen molar-refractivity contribution in [2.45, 2.75) is 131 Å². The number of hydrogen-bond donors (Lipinski definition) is 0. The molecule has 15 heteroatoms. The first-order chi connectivity index (χ1) is 32.2. The normalized spacial score (nSPS) is 19.0. The van der Waals surface area contributed by atoms with Gasteiger partial charge >= 0.3 is 12.2 Å². The molecule has 0 aliphatic carbocycles. The quantitative estimate of drug-likeness (QED) is 0.0627. The number of methoxy groups -OCH3 is 1. The summed E-state index contributed by atoms with van der Waals surface area (Å²) in [7, 11) is -0.988. The van der Waals surface area contributed by atoms with Crippen molar-refractivity contribution in [2.75, 3.05) is 31.8 Å². The molecule has 4 amide bonds. The van der Waals surface area contributed by atoms with Gasteiger partial charge in [0.1, 0.15) is 30.6 Å². The van der Waals surface area contributed by atoms with Crippen LogP contribution in [0.15, 0.2) is 84.7 Å². The molecular weight excluding hydrogens is 881 g/mol. The van der Waals surface area contributed by atoms with Crippen LogP contribution in [0.25, 0.3) is 0 Å². The first kappa shape index (κ1) is 49.7. The van der Waals surface area contributed by atoms with Gasteiger partial charge in [-0.05, 0) is 88.7 Å². The second kappa shape index (κ2) is 20.2. The van der Waals surface area contributed by atoms with Crippen molar-refractivity contribution in [2.24, 2.45) is 0 Å². The second-order valence-electron chi connectivity index (χ2n) is 19.8. The maximum atomic E-state index is 14.4. The number of aryl methyl sites for hydroxylation is 2. The number of ether oxygens (including phenoxy) is 5. The van der Waals surface area contributed by atoms with Crippen molar-refractivity contribution in [3.05, 3.63) is 113 Å². The van der Waals surface area contributed by atoms with Crippen LogP contribution in [0.3, 0.4) is 0 Å². The zero-order valence-corrected chi connectivity index (χ0v) is 42.5. The first-order valence-corrected chi connectivity index (χ1v) is 26.4. The summed E-state index contributed by atoms with van der Waals surface area (Å²) in [6, 6.07) is 13.9. The zero-order chi connectivity index (χ0) is 49.2. The van der Waals surface area contributed by atoms with Crippen LogP contribution in [0, 0.1) is 13.8 Å². The minimum atomic E-state index is -2.51. The van der Waals surface area contributed by atoms with Gasteiger partial charge in [-0.25, -0.2) is 9.69 Å². The van der Waals surface area contributed by atoms with E-state index in [9.17, 15) is 19.2 Å². The molecule has 0 saturated carbocycles. The summed E-state index contributed by atoms with van der Waals surface area (Å²) in [6.45, 7) is 24.9. The molecule has 0 radical (unpaired) electrons. The predicted octanol–water partition coefficient (Wildman–Crippen LogP) is 11.1. The minimum Gasteiger partial charge on any atom is -0.493 e. The maximum absolute atomic E-state index is 14.4. The van der Waals surface area contributed by atoms with Crippen molar-refractivity contribution >= 4 is 49.4 Å². The first-order valence-electron chi connectivity index (χ1n) is 23.5. The molecule has 3 aromatic rings. The lowest BCUT2D eigenvalue weighted by molar-refractivity contribution is -0.361. The topological polar surface area (TPSA) is 136 Å². The summed E-state index contributed by atoms with van der Waals surface area (Å²) < 4.78 is 38.6. The molecule has 4 heterocycles. The fourth-order valence-corrected chi connectivity index (χ4v) is 10.0. The summed E-state index contributed by atoms with van der Waals surface area (Å²) in [5.41, 5.74) is 6.81. The SMILES string of the molecule is C=CCOC(=O)N1c2cc(OCCCCCOc3cc4c(cc3OC)C(=O)N3C=C(C)C[C@H]3C(C)=[N+]4C(=O)OCc3ccc(C)cc3)c(C)cc2C(=O)N2C=C(C)C[C@H]2[C@@H]1O[Si](C)(C)C(C)(C)C. The number of carbonyl (C=O) groups is 4. The van der Waals surface area contributed by atoms with Crippen LogP contribution < -0.4 is 19.1 Å². The Morgan fingerprint density at radius 1 is 0.809 bits per heavy atom. The number of anilines is 1. The van der Waals surface area contributed by atoms with Gasteiger partial charge in [-0.3, -0.25) is 9.59 Å². The summed E-state index contributed by atoms with van der Waals surface area (Å²) >= 11 is 0. The monoisotopic (exact) mass is 947 g/mol. The van der Waals surface area contributed by atoms with Crippen molar-refractivity contribution in [1.29, 1.82) is 0 Å². The molecular formula is C53H67N4O10Si+. The molecule has 362 valence electrons. The number of amides is 4. The van der Waals surface area contributed by atoms with Gasteiger partial charge < -0.3 is 37.9 Å². The fourth-order valence-electron chi connectivity index (χ4n) is 8.80. The van der Waals surface area contributed by atoms with Crippen molar-refractivity contribution in [3.8, 4) is 17.2 Å². The number of benzene rings is 3. The Morgan fingerprint density at radius 2 is 1.46 bits per heavy atom. The van der Waals surface area contributed by atoms with Crippen molar-refractivity contribution in [3.63, 3.8) is 0 Å². The number of carbonyl (C=O) groups excluding carboxylic acids is 4. The smallest absolute Gasteiger partial charge is 0.493 e. The van der Waals surface area contributed by atoms with Gasteiger partial charge in [-0.15, -0.1) is 0 Å². The van der Waals surface area contributed by atoms with E-state index >= 15 is 0 Å². The van der Waals surface area contributed by atoms with Gasteiger partial charge in [0, 0.05) is 37.9 Å². The highest BCUT2D eigenvalue weighted by Crippen LogP contribution is 2.45. The molecule has 0 fully saturated rings. The highest BCUT2D eigenvalue weighted by Gasteiger charge is 2.51. The molecule has 0 bridgehead atoms. The standard InChI is InChI=1S/C53H67N4O10Si/c1-13-21-65-52(61)57-43-28-45(36(5)26-39(43)48(58)55-31-35(4)25-44(55)50(57)67-68(11,12)53(7,8)9)63-22-15-14-16-23-64-47-29-42-40(27-46(47)62-10)49(59)54-30-34(3)24-41(54)37(6)56(42)51(60)66-32-38-19-17-33(2)18-20-38/h13,17-20,26-31,41,44,50H,1,14-16,21-25,32H2,2-12H3/q+1/t41-,44-,50-/m0/s1. The molecule has 3 aromatic carbocycles. The molecule has 7 rings (SSSR count). The highest BCUT2D eigenvalue weighted by molar-refractivity contribution is 6.74. The van der Waals surface area contributed by atoms with E-state index in [1.54, 1.807) is 34.1 Å². The van der Waals surface area contributed by atoms with E-state index in [0.717, 1.165) is 34.3 Å². The van der Waals surface area contributed by atoms with Gasteiger partial charge in [0.25, 0.3) is 11.8 Å². The number of nitrogens with zero attached hydrogens (tertiary/aromatic N) is 4. The molecule has 0 N–H and O–H groups in total. The van der Waals surface area contributed by atoms with E-state index in [1.807, 2.05) is 71.3 Å². The predicted molar refractivity (Wildman–Crippen MR) is 264 cm³/mol. The molecule has 4 aliphatic rings. The summed E-state index contributed by atoms with van der Waals surface area (Å²) in [6.07, 6.45) is 6.40. The summed E-state index contributed by atoms with van der Waals surface area (Å²) in [5, 5.41) is -0.181. The van der Waals surface area contributed by atoms with Crippen LogP contribution in [0.5, 0.6) is 17.2 Å². The van der Waals surface area contributed by atoms with E-state index in [-0.39, 0.29) is 36.1 Å². The average Bonchev–Trinajstić information content (AvgIpc) is 3.85. The third kappa shape index (κ3) is 10.1. The van der Waals surface area contributed by atoms with Gasteiger partial charge in [0.15, 0.2) is 31.8 Å². The van der Waals surface area contributed by atoms with Crippen LogP contribution in [0.2, 0.25) is 18.1 Å². The Bertz CT molecular complexity index is 2580. The Kier molecular flexibility index (Phi) is 14.8. The van der Waals surface area contributed by atoms with Crippen LogP contribution >= 0.6 is 0 Å². The van der Waals surface area contributed by atoms with Crippen molar-refractivity contribution in [1.82, 2.24) is 9.80 Å². The van der Waals surface area contributed by atoms with Crippen LogP contribution in [-0.2, 0) is 20.5 Å². The largest absolute Gasteiger partial charge is 0.602 e. The molecule has 0 aromatic heterocycles. The van der Waals surface area contributed by atoms with Gasteiger partial charge in [0.05, 0.1) is 43.7 Å². The van der Waals surface area contributed by atoms with Crippen molar-refractivity contribution < 1.29 is 51.9 Å². The van der Waals surface area contributed by atoms with E-state index in [0.29, 0.717) is 84.4 Å². The molecule has 0 spiro atoms. The Balaban J connectivity index is 1.06. The second-order valence-corrected chi connectivity index (χ2v) is 24.6. The van der Waals surface area contributed by atoms with Gasteiger partial charge in [0.2, 0.25) is 5.69 Å². The fraction of sp³-hybridized carbons (Fsp3) is 0.453. The molecule has 3 atom stereocenters. The number of fused-ring (bicyclic) bond motifs is 4. The van der Waals surface area contributed by atoms with Crippen LogP contribution in [0.4, 0.5) is 21.0 Å².